The van der Waals surface area contributed by atoms with E-state index >= 15 is 0 Å². The highest BCUT2D eigenvalue weighted by Crippen LogP contribution is 2.27. The molecule has 1 aliphatic heterocycles. The van der Waals surface area contributed by atoms with E-state index in [2.05, 4.69) is 0 Å². The average Bonchev–Trinajstić information content (AvgIpc) is 2.77. The number of sulfone groups is 1. The number of carbonyl (C=O) groups is 1. The summed E-state index contributed by atoms with van der Waals surface area (Å²) in [6, 6.07) is 7.15. The zero-order valence-corrected chi connectivity index (χ0v) is 13.5. The van der Waals surface area contributed by atoms with Crippen LogP contribution in [0.15, 0.2) is 29.2 Å². The van der Waals surface area contributed by atoms with Crippen LogP contribution in [0.1, 0.15) is 6.42 Å². The SMILES string of the molecule is CN(C(=O)CSc1ccccc1Cl)C1CCS(=O)(=O)C1. The zero-order valence-electron chi connectivity index (χ0n) is 11.1. The number of benzene rings is 1. The molecular formula is C13H16ClNO3S2. The summed E-state index contributed by atoms with van der Waals surface area (Å²) in [6.07, 6.45) is 0.529. The highest BCUT2D eigenvalue weighted by molar-refractivity contribution is 8.00. The van der Waals surface area contributed by atoms with Gasteiger partial charge in [0.25, 0.3) is 0 Å². The van der Waals surface area contributed by atoms with E-state index in [1.807, 2.05) is 18.2 Å². The average molecular weight is 334 g/mol. The van der Waals surface area contributed by atoms with E-state index in [-0.39, 0.29) is 29.2 Å². The summed E-state index contributed by atoms with van der Waals surface area (Å²) in [5.74, 6) is 0.437. The van der Waals surface area contributed by atoms with Crippen LogP contribution in [0, 0.1) is 0 Å². The molecule has 0 N–H and O–H groups in total. The van der Waals surface area contributed by atoms with Crippen LogP contribution < -0.4 is 0 Å². The molecule has 0 saturated carbocycles. The molecule has 20 heavy (non-hydrogen) atoms. The van der Waals surface area contributed by atoms with Crippen molar-refractivity contribution in [2.45, 2.75) is 17.4 Å². The van der Waals surface area contributed by atoms with Crippen LogP contribution in [0.2, 0.25) is 5.02 Å². The smallest absolute Gasteiger partial charge is 0.232 e. The van der Waals surface area contributed by atoms with Crippen molar-refractivity contribution < 1.29 is 13.2 Å². The first-order valence-corrected chi connectivity index (χ1v) is 9.41. The van der Waals surface area contributed by atoms with Crippen LogP contribution in [-0.2, 0) is 14.6 Å². The van der Waals surface area contributed by atoms with E-state index in [4.69, 9.17) is 11.6 Å². The molecule has 1 atom stereocenters. The summed E-state index contributed by atoms with van der Waals surface area (Å²) < 4.78 is 22.9. The molecule has 1 saturated heterocycles. The van der Waals surface area contributed by atoms with Gasteiger partial charge in [0.15, 0.2) is 9.84 Å². The maximum Gasteiger partial charge on any atom is 0.232 e. The maximum atomic E-state index is 12.1. The van der Waals surface area contributed by atoms with Gasteiger partial charge in [0.2, 0.25) is 5.91 Å². The predicted octanol–water partition coefficient (Wildman–Crippen LogP) is 2.08. The van der Waals surface area contributed by atoms with Crippen molar-refractivity contribution in [1.82, 2.24) is 4.90 Å². The van der Waals surface area contributed by atoms with Gasteiger partial charge in [-0.15, -0.1) is 11.8 Å². The summed E-state index contributed by atoms with van der Waals surface area (Å²) >= 11 is 7.40. The number of amides is 1. The second kappa shape index (κ2) is 6.37. The number of hydrogen-bond acceptors (Lipinski definition) is 4. The minimum atomic E-state index is -2.97. The van der Waals surface area contributed by atoms with Gasteiger partial charge in [0, 0.05) is 18.0 Å². The Morgan fingerprint density at radius 2 is 2.15 bits per heavy atom. The molecule has 1 unspecified atom stereocenters. The van der Waals surface area contributed by atoms with Gasteiger partial charge in [0.05, 0.1) is 22.3 Å². The van der Waals surface area contributed by atoms with Gasteiger partial charge >= 0.3 is 0 Å². The molecule has 1 aromatic carbocycles. The third kappa shape index (κ3) is 3.90. The molecule has 1 heterocycles. The topological polar surface area (TPSA) is 54.5 Å². The van der Waals surface area contributed by atoms with Gasteiger partial charge in [-0.1, -0.05) is 23.7 Å². The molecule has 0 radical (unpaired) electrons. The number of nitrogens with zero attached hydrogens (tertiary/aromatic N) is 1. The van der Waals surface area contributed by atoms with Gasteiger partial charge in [-0.05, 0) is 18.6 Å². The van der Waals surface area contributed by atoms with E-state index < -0.39 is 9.84 Å². The number of halogens is 1. The highest BCUT2D eigenvalue weighted by atomic mass is 35.5. The summed E-state index contributed by atoms with van der Waals surface area (Å²) in [5, 5.41) is 0.622. The first kappa shape index (κ1) is 15.7. The van der Waals surface area contributed by atoms with E-state index in [0.717, 1.165) is 4.90 Å². The Morgan fingerprint density at radius 3 is 2.75 bits per heavy atom. The quantitative estimate of drug-likeness (QED) is 0.792. The fraction of sp³-hybridized carbons (Fsp3) is 0.462. The molecular weight excluding hydrogens is 318 g/mol. The fourth-order valence-electron chi connectivity index (χ4n) is 2.09. The lowest BCUT2D eigenvalue weighted by Crippen LogP contribution is -2.38. The monoisotopic (exact) mass is 333 g/mol. The van der Waals surface area contributed by atoms with Crippen molar-refractivity contribution in [2.24, 2.45) is 0 Å². The van der Waals surface area contributed by atoms with Gasteiger partial charge in [-0.3, -0.25) is 4.79 Å². The molecule has 1 fully saturated rings. The first-order valence-electron chi connectivity index (χ1n) is 6.22. The fourth-order valence-corrected chi connectivity index (χ4v) is 5.02. The summed E-state index contributed by atoms with van der Waals surface area (Å²) in [4.78, 5) is 14.5. The molecule has 110 valence electrons. The Balaban J connectivity index is 1.91. The van der Waals surface area contributed by atoms with Crippen LogP contribution in [0.3, 0.4) is 0 Å². The third-order valence-electron chi connectivity index (χ3n) is 3.34. The predicted molar refractivity (Wildman–Crippen MR) is 82.0 cm³/mol. The molecule has 0 spiro atoms. The molecule has 1 amide bonds. The van der Waals surface area contributed by atoms with Crippen LogP contribution >= 0.6 is 23.4 Å². The second-order valence-electron chi connectivity index (χ2n) is 4.78. The normalized spacial score (nSPS) is 20.8. The van der Waals surface area contributed by atoms with E-state index in [1.54, 1.807) is 18.0 Å². The van der Waals surface area contributed by atoms with Crippen molar-refractivity contribution in [3.05, 3.63) is 29.3 Å². The summed E-state index contributed by atoms with van der Waals surface area (Å²) in [7, 11) is -1.30. The minimum Gasteiger partial charge on any atom is -0.341 e. The summed E-state index contributed by atoms with van der Waals surface area (Å²) in [6.45, 7) is 0. The maximum absolute atomic E-state index is 12.1. The third-order valence-corrected chi connectivity index (χ3v) is 6.59. The Morgan fingerprint density at radius 1 is 1.45 bits per heavy atom. The van der Waals surface area contributed by atoms with Crippen molar-refractivity contribution in [3.8, 4) is 0 Å². The van der Waals surface area contributed by atoms with Crippen molar-refractivity contribution in [2.75, 3.05) is 24.3 Å². The Bertz CT molecular complexity index is 603. The van der Waals surface area contributed by atoms with E-state index in [1.165, 1.54) is 11.8 Å². The van der Waals surface area contributed by atoms with Gasteiger partial charge in [0.1, 0.15) is 0 Å². The molecule has 7 heteroatoms. The minimum absolute atomic E-state index is 0.0722. The number of carbonyl (C=O) groups excluding carboxylic acids is 1. The molecule has 0 bridgehead atoms. The lowest BCUT2D eigenvalue weighted by molar-refractivity contribution is -0.128. The zero-order chi connectivity index (χ0) is 14.8. The Hall–Kier alpha value is -0.720. The van der Waals surface area contributed by atoms with Crippen LogP contribution in [0.25, 0.3) is 0 Å². The highest BCUT2D eigenvalue weighted by Gasteiger charge is 2.32. The molecule has 1 aromatic rings. The first-order chi connectivity index (χ1) is 9.39. The lowest BCUT2D eigenvalue weighted by Gasteiger charge is -2.23. The number of hydrogen-bond donors (Lipinski definition) is 0. The van der Waals surface area contributed by atoms with Gasteiger partial charge < -0.3 is 4.90 Å². The lowest BCUT2D eigenvalue weighted by atomic mass is 10.2. The van der Waals surface area contributed by atoms with E-state index in [9.17, 15) is 13.2 Å². The Labute approximate surface area is 128 Å². The molecule has 1 aliphatic rings. The number of rotatable bonds is 4. The van der Waals surface area contributed by atoms with Crippen LogP contribution in [0.4, 0.5) is 0 Å². The second-order valence-corrected chi connectivity index (χ2v) is 8.43. The molecule has 0 aromatic heterocycles. The molecule has 2 rings (SSSR count). The largest absolute Gasteiger partial charge is 0.341 e. The van der Waals surface area contributed by atoms with Crippen LogP contribution in [-0.4, -0.2) is 49.6 Å². The van der Waals surface area contributed by atoms with Crippen molar-refractivity contribution in [1.29, 1.82) is 0 Å². The molecule has 4 nitrogen and oxygen atoms in total. The van der Waals surface area contributed by atoms with Crippen LogP contribution in [0.5, 0.6) is 0 Å². The van der Waals surface area contributed by atoms with Gasteiger partial charge in [-0.2, -0.15) is 0 Å². The van der Waals surface area contributed by atoms with Gasteiger partial charge in [-0.25, -0.2) is 8.42 Å². The van der Waals surface area contributed by atoms with Crippen molar-refractivity contribution in [3.63, 3.8) is 0 Å². The summed E-state index contributed by atoms with van der Waals surface area (Å²) in [5.41, 5.74) is 0. The number of thioether (sulfide) groups is 1. The Kier molecular flexibility index (Phi) is 4.99. The van der Waals surface area contributed by atoms with Crippen molar-refractivity contribution >= 4 is 39.1 Å². The standard InChI is InChI=1S/C13H16ClNO3S2/c1-15(10-6-7-20(17,18)9-10)13(16)8-19-12-5-3-2-4-11(12)14/h2-5,10H,6-9H2,1H3. The van der Waals surface area contributed by atoms with E-state index in [0.29, 0.717) is 11.4 Å². The molecule has 0 aliphatic carbocycles.